The molecule has 2 amide bonds. The SMILES string of the molecule is Cc1ccc2c(=O)n(C)ccc2c1NC(=O)C1=CN(C)C(=O)CC1c1ccc(F)cc1. The van der Waals surface area contributed by atoms with Crippen LogP contribution in [0.15, 0.2) is 65.2 Å². The van der Waals surface area contributed by atoms with Crippen LogP contribution in [0.25, 0.3) is 10.8 Å². The first-order chi connectivity index (χ1) is 14.8. The molecule has 1 N–H and O–H groups in total. The molecule has 6 nitrogen and oxygen atoms in total. The maximum Gasteiger partial charge on any atom is 0.258 e. The van der Waals surface area contributed by atoms with Crippen molar-refractivity contribution in [2.45, 2.75) is 19.3 Å². The molecule has 1 unspecified atom stereocenters. The second kappa shape index (κ2) is 7.83. The number of halogens is 1. The van der Waals surface area contributed by atoms with Crippen molar-refractivity contribution in [3.8, 4) is 0 Å². The van der Waals surface area contributed by atoms with Gasteiger partial charge < -0.3 is 14.8 Å². The van der Waals surface area contributed by atoms with Crippen molar-refractivity contribution in [3.63, 3.8) is 0 Å². The zero-order chi connectivity index (χ0) is 22.3. The molecule has 1 atom stereocenters. The predicted octanol–water partition coefficient (Wildman–Crippen LogP) is 3.45. The Balaban J connectivity index is 1.76. The number of aromatic nitrogens is 1. The average molecular weight is 419 g/mol. The Labute approximate surface area is 178 Å². The Hall–Kier alpha value is -3.74. The molecule has 0 radical (unpaired) electrons. The van der Waals surface area contributed by atoms with Crippen molar-refractivity contribution in [3.05, 3.63) is 87.7 Å². The second-order valence-corrected chi connectivity index (χ2v) is 7.80. The first kappa shape index (κ1) is 20.5. The van der Waals surface area contributed by atoms with Gasteiger partial charge in [0.2, 0.25) is 5.91 Å². The topological polar surface area (TPSA) is 71.4 Å². The highest BCUT2D eigenvalue weighted by atomic mass is 19.1. The van der Waals surface area contributed by atoms with Crippen LogP contribution < -0.4 is 10.9 Å². The summed E-state index contributed by atoms with van der Waals surface area (Å²) >= 11 is 0. The predicted molar refractivity (Wildman–Crippen MR) is 117 cm³/mol. The zero-order valence-corrected chi connectivity index (χ0v) is 17.5. The number of aryl methyl sites for hydroxylation is 2. The van der Waals surface area contributed by atoms with Gasteiger partial charge in [-0.1, -0.05) is 18.2 Å². The molecular formula is C24H22FN3O3. The van der Waals surface area contributed by atoms with Gasteiger partial charge in [-0.3, -0.25) is 14.4 Å². The highest BCUT2D eigenvalue weighted by Crippen LogP contribution is 2.34. The minimum atomic E-state index is -0.493. The number of carbonyl (C=O) groups excluding carboxylic acids is 2. The van der Waals surface area contributed by atoms with Crippen LogP contribution in [0.1, 0.15) is 23.5 Å². The van der Waals surface area contributed by atoms with E-state index in [9.17, 15) is 18.8 Å². The van der Waals surface area contributed by atoms with Crippen LogP contribution in [-0.4, -0.2) is 28.3 Å². The van der Waals surface area contributed by atoms with Gasteiger partial charge in [0, 0.05) is 55.2 Å². The first-order valence-electron chi connectivity index (χ1n) is 9.89. The quantitative estimate of drug-likeness (QED) is 0.707. The number of amides is 2. The highest BCUT2D eigenvalue weighted by molar-refractivity contribution is 6.11. The maximum atomic E-state index is 13.4. The molecule has 1 aliphatic rings. The molecule has 0 aliphatic carbocycles. The van der Waals surface area contributed by atoms with Crippen molar-refractivity contribution < 1.29 is 14.0 Å². The molecule has 1 aliphatic heterocycles. The average Bonchev–Trinajstić information content (AvgIpc) is 2.75. The van der Waals surface area contributed by atoms with Crippen LogP contribution in [0.5, 0.6) is 0 Å². The van der Waals surface area contributed by atoms with Gasteiger partial charge >= 0.3 is 0 Å². The number of fused-ring (bicyclic) bond motifs is 1. The molecular weight excluding hydrogens is 397 g/mol. The third-order valence-electron chi connectivity index (χ3n) is 5.72. The van der Waals surface area contributed by atoms with Gasteiger partial charge in [0.25, 0.3) is 11.5 Å². The lowest BCUT2D eigenvalue weighted by Gasteiger charge is -2.28. The molecule has 3 aromatic rings. The summed E-state index contributed by atoms with van der Waals surface area (Å²) in [7, 11) is 3.27. The Morgan fingerprint density at radius 1 is 1.03 bits per heavy atom. The van der Waals surface area contributed by atoms with Gasteiger partial charge in [0.15, 0.2) is 0 Å². The summed E-state index contributed by atoms with van der Waals surface area (Å²) in [6.45, 7) is 1.86. The minimum absolute atomic E-state index is 0.108. The maximum absolute atomic E-state index is 13.4. The van der Waals surface area contributed by atoms with Gasteiger partial charge in [-0.05, 0) is 42.3 Å². The fourth-order valence-electron chi connectivity index (χ4n) is 3.89. The van der Waals surface area contributed by atoms with Gasteiger partial charge in [0.05, 0.1) is 5.69 Å². The summed E-state index contributed by atoms with van der Waals surface area (Å²) < 4.78 is 14.9. The molecule has 4 rings (SSSR count). The zero-order valence-electron chi connectivity index (χ0n) is 17.5. The third kappa shape index (κ3) is 3.74. The monoisotopic (exact) mass is 419 g/mol. The molecule has 1 aromatic heterocycles. The molecule has 0 saturated carbocycles. The van der Waals surface area contributed by atoms with Gasteiger partial charge in [0.1, 0.15) is 5.82 Å². The Bertz CT molecular complexity index is 1290. The molecule has 0 bridgehead atoms. The number of pyridine rings is 1. The first-order valence-corrected chi connectivity index (χ1v) is 9.89. The van der Waals surface area contributed by atoms with E-state index >= 15 is 0 Å². The van der Waals surface area contributed by atoms with E-state index in [1.54, 1.807) is 50.6 Å². The van der Waals surface area contributed by atoms with Crippen molar-refractivity contribution in [2.24, 2.45) is 7.05 Å². The van der Waals surface area contributed by atoms with Crippen LogP contribution in [0, 0.1) is 12.7 Å². The number of rotatable bonds is 3. The van der Waals surface area contributed by atoms with Crippen LogP contribution in [0.4, 0.5) is 10.1 Å². The van der Waals surface area contributed by atoms with E-state index in [2.05, 4.69) is 5.32 Å². The van der Waals surface area contributed by atoms with Gasteiger partial charge in [-0.25, -0.2) is 4.39 Å². The number of nitrogens with one attached hydrogen (secondary N) is 1. The van der Waals surface area contributed by atoms with E-state index in [4.69, 9.17) is 0 Å². The fourth-order valence-corrected chi connectivity index (χ4v) is 3.89. The summed E-state index contributed by atoms with van der Waals surface area (Å²) in [5.74, 6) is -1.38. The van der Waals surface area contributed by atoms with Crippen molar-refractivity contribution in [1.29, 1.82) is 0 Å². The van der Waals surface area contributed by atoms with Gasteiger partial charge in [-0.15, -0.1) is 0 Å². The number of carbonyl (C=O) groups is 2. The Morgan fingerprint density at radius 3 is 2.45 bits per heavy atom. The standard InChI is InChI=1S/C24H22FN3O3/c1-14-4-9-18-17(10-11-27(2)24(18)31)22(14)26-23(30)20-13-28(3)21(29)12-19(20)15-5-7-16(25)8-6-15/h4-11,13,19H,12H2,1-3H3,(H,26,30). The Kier molecular flexibility index (Phi) is 5.19. The van der Waals surface area contributed by atoms with E-state index in [0.29, 0.717) is 27.6 Å². The summed E-state index contributed by atoms with van der Waals surface area (Å²) in [4.78, 5) is 39.5. The van der Waals surface area contributed by atoms with Crippen LogP contribution in [-0.2, 0) is 16.6 Å². The van der Waals surface area contributed by atoms with E-state index in [0.717, 1.165) is 5.56 Å². The normalized spacial score (nSPS) is 16.4. The summed E-state index contributed by atoms with van der Waals surface area (Å²) in [6.07, 6.45) is 3.29. The number of benzene rings is 2. The lowest BCUT2D eigenvalue weighted by atomic mass is 9.85. The molecule has 158 valence electrons. The van der Waals surface area contributed by atoms with Crippen molar-refractivity contribution in [2.75, 3.05) is 12.4 Å². The molecule has 2 heterocycles. The number of hydrogen-bond donors (Lipinski definition) is 1. The van der Waals surface area contributed by atoms with Crippen LogP contribution in [0.2, 0.25) is 0 Å². The fraction of sp³-hybridized carbons (Fsp3) is 0.208. The molecule has 2 aromatic carbocycles. The van der Waals surface area contributed by atoms with Gasteiger partial charge in [-0.2, -0.15) is 0 Å². The molecule has 0 fully saturated rings. The summed E-state index contributed by atoms with van der Waals surface area (Å²) in [5, 5.41) is 4.10. The van der Waals surface area contributed by atoms with E-state index in [1.165, 1.54) is 27.8 Å². The minimum Gasteiger partial charge on any atom is -0.322 e. The van der Waals surface area contributed by atoms with Crippen molar-refractivity contribution in [1.82, 2.24) is 9.47 Å². The molecule has 0 spiro atoms. The lowest BCUT2D eigenvalue weighted by molar-refractivity contribution is -0.128. The van der Waals surface area contributed by atoms with E-state index in [1.807, 2.05) is 6.92 Å². The summed E-state index contributed by atoms with van der Waals surface area (Å²) in [5.41, 5.74) is 2.30. The molecule has 31 heavy (non-hydrogen) atoms. The van der Waals surface area contributed by atoms with E-state index < -0.39 is 5.92 Å². The highest BCUT2D eigenvalue weighted by Gasteiger charge is 2.31. The lowest BCUT2D eigenvalue weighted by Crippen LogP contribution is -2.33. The number of hydrogen-bond acceptors (Lipinski definition) is 3. The van der Waals surface area contributed by atoms with Crippen LogP contribution >= 0.6 is 0 Å². The van der Waals surface area contributed by atoms with Crippen molar-refractivity contribution >= 4 is 28.3 Å². The third-order valence-corrected chi connectivity index (χ3v) is 5.72. The Morgan fingerprint density at radius 2 is 1.74 bits per heavy atom. The number of nitrogens with zero attached hydrogens (tertiary/aromatic N) is 2. The van der Waals surface area contributed by atoms with E-state index in [-0.39, 0.29) is 29.6 Å². The molecule has 0 saturated heterocycles. The smallest absolute Gasteiger partial charge is 0.258 e. The van der Waals surface area contributed by atoms with Crippen LogP contribution in [0.3, 0.4) is 0 Å². The second-order valence-electron chi connectivity index (χ2n) is 7.80. The number of anilines is 1. The largest absolute Gasteiger partial charge is 0.322 e. The molecule has 7 heteroatoms. The summed E-state index contributed by atoms with van der Waals surface area (Å²) in [6, 6.07) is 11.1.